The van der Waals surface area contributed by atoms with Crippen molar-refractivity contribution in [3.63, 3.8) is 0 Å². The van der Waals surface area contributed by atoms with E-state index in [1.165, 1.54) is 11.1 Å². The first-order chi connectivity index (χ1) is 8.11. The van der Waals surface area contributed by atoms with E-state index in [-0.39, 0.29) is 5.60 Å². The number of aryl methyl sites for hydroxylation is 1. The smallest absolute Gasteiger partial charge is 0.123 e. The highest BCUT2D eigenvalue weighted by atomic mass is 16.5. The summed E-state index contributed by atoms with van der Waals surface area (Å²) in [5.74, 6) is 0.994. The second-order valence-electron chi connectivity index (χ2n) is 5.01. The van der Waals surface area contributed by atoms with Crippen molar-refractivity contribution < 1.29 is 4.74 Å². The largest absolute Gasteiger partial charge is 0.488 e. The van der Waals surface area contributed by atoms with Gasteiger partial charge in [-0.25, -0.2) is 0 Å². The predicted octanol–water partition coefficient (Wildman–Crippen LogP) is 3.64. The van der Waals surface area contributed by atoms with Gasteiger partial charge in [-0.15, -0.1) is 0 Å². The molecule has 4 heteroatoms. The van der Waals surface area contributed by atoms with Crippen LogP contribution in [0.4, 0.5) is 0 Å². The molecular formula is C13H17N3O. The third-order valence-corrected chi connectivity index (χ3v) is 3.07. The molecule has 0 spiro atoms. The molecular weight excluding hydrogens is 214 g/mol. The number of azide groups is 1. The Balaban J connectivity index is 2.13. The maximum atomic E-state index is 8.23. The predicted molar refractivity (Wildman–Crippen MR) is 67.2 cm³/mol. The summed E-state index contributed by atoms with van der Waals surface area (Å²) in [6.45, 7) is 4.75. The van der Waals surface area contributed by atoms with Crippen LogP contribution >= 0.6 is 0 Å². The van der Waals surface area contributed by atoms with Gasteiger partial charge in [-0.05, 0) is 55.8 Å². The van der Waals surface area contributed by atoms with Gasteiger partial charge in [0.25, 0.3) is 0 Å². The Hall–Kier alpha value is -1.67. The summed E-state index contributed by atoms with van der Waals surface area (Å²) in [5, 5.41) is 3.55. The highest BCUT2D eigenvalue weighted by Gasteiger charge is 2.26. The van der Waals surface area contributed by atoms with Gasteiger partial charge in [0, 0.05) is 11.5 Å². The van der Waals surface area contributed by atoms with Crippen LogP contribution in [-0.2, 0) is 12.8 Å². The lowest BCUT2D eigenvalue weighted by Gasteiger charge is -2.32. The first kappa shape index (κ1) is 11.8. The van der Waals surface area contributed by atoms with Crippen molar-refractivity contribution in [3.8, 4) is 5.75 Å². The molecule has 0 N–H and O–H groups in total. The minimum absolute atomic E-state index is 0.0559. The molecule has 0 atom stereocenters. The highest BCUT2D eigenvalue weighted by Crippen LogP contribution is 2.33. The van der Waals surface area contributed by atoms with Crippen LogP contribution in [0.1, 0.15) is 31.4 Å². The number of hydrogen-bond donors (Lipinski definition) is 0. The molecule has 0 fully saturated rings. The van der Waals surface area contributed by atoms with E-state index >= 15 is 0 Å². The molecule has 1 aliphatic rings. The third-order valence-electron chi connectivity index (χ3n) is 3.07. The normalized spacial score (nSPS) is 16.6. The Bertz CT molecular complexity index is 462. The molecule has 0 bridgehead atoms. The van der Waals surface area contributed by atoms with Crippen LogP contribution in [0.2, 0.25) is 0 Å². The Morgan fingerprint density at radius 1 is 1.47 bits per heavy atom. The zero-order valence-electron chi connectivity index (χ0n) is 10.3. The van der Waals surface area contributed by atoms with Crippen LogP contribution in [-0.4, -0.2) is 12.1 Å². The number of hydrogen-bond acceptors (Lipinski definition) is 2. The molecule has 17 heavy (non-hydrogen) atoms. The van der Waals surface area contributed by atoms with E-state index in [0.717, 1.165) is 25.0 Å². The molecule has 0 radical (unpaired) electrons. The van der Waals surface area contributed by atoms with E-state index in [2.05, 4.69) is 29.9 Å². The third kappa shape index (κ3) is 2.92. The Labute approximate surface area is 101 Å². The molecule has 0 unspecified atom stereocenters. The molecule has 1 heterocycles. The summed E-state index contributed by atoms with van der Waals surface area (Å²) in [6.07, 6.45) is 2.89. The molecule has 1 aromatic carbocycles. The van der Waals surface area contributed by atoms with Crippen LogP contribution in [0.5, 0.6) is 5.75 Å². The molecule has 0 aromatic heterocycles. The minimum atomic E-state index is -0.0559. The molecule has 90 valence electrons. The molecule has 2 rings (SSSR count). The summed E-state index contributed by atoms with van der Waals surface area (Å²) in [4.78, 5) is 2.76. The maximum Gasteiger partial charge on any atom is 0.123 e. The van der Waals surface area contributed by atoms with Gasteiger partial charge in [0.1, 0.15) is 11.4 Å². The van der Waals surface area contributed by atoms with Gasteiger partial charge in [0.05, 0.1) is 0 Å². The lowest BCUT2D eigenvalue weighted by atomic mass is 9.93. The van der Waals surface area contributed by atoms with Crippen LogP contribution in [0.3, 0.4) is 0 Å². The number of ether oxygens (including phenoxy) is 1. The van der Waals surface area contributed by atoms with Crippen LogP contribution in [0.25, 0.3) is 10.4 Å². The Morgan fingerprint density at radius 2 is 2.29 bits per heavy atom. The van der Waals surface area contributed by atoms with Gasteiger partial charge in [-0.1, -0.05) is 17.2 Å². The van der Waals surface area contributed by atoms with Gasteiger partial charge < -0.3 is 4.74 Å². The zero-order valence-corrected chi connectivity index (χ0v) is 10.3. The monoisotopic (exact) mass is 231 g/mol. The molecule has 4 nitrogen and oxygen atoms in total. The molecule has 0 saturated heterocycles. The van der Waals surface area contributed by atoms with E-state index in [0.29, 0.717) is 6.54 Å². The average Bonchev–Trinajstić information content (AvgIpc) is 2.29. The average molecular weight is 231 g/mol. The summed E-state index contributed by atoms with van der Waals surface area (Å²) in [7, 11) is 0. The SMILES string of the molecule is CC1(C)CCc2cc(CCN=[N+]=[N-])ccc2O1. The van der Waals surface area contributed by atoms with Crippen LogP contribution in [0.15, 0.2) is 23.3 Å². The quantitative estimate of drug-likeness (QED) is 0.445. The Morgan fingerprint density at radius 3 is 3.06 bits per heavy atom. The number of rotatable bonds is 3. The molecule has 0 amide bonds. The summed E-state index contributed by atoms with van der Waals surface area (Å²) < 4.78 is 5.92. The first-order valence-corrected chi connectivity index (χ1v) is 5.92. The second-order valence-corrected chi connectivity index (χ2v) is 5.01. The Kier molecular flexibility index (Phi) is 3.25. The summed E-state index contributed by atoms with van der Waals surface area (Å²) in [5.41, 5.74) is 10.7. The standard InChI is InChI=1S/C13H17N3O/c1-13(2)7-5-11-9-10(6-8-15-16-14)3-4-12(11)17-13/h3-4,9H,5-8H2,1-2H3. The fraction of sp³-hybridized carbons (Fsp3) is 0.538. The summed E-state index contributed by atoms with van der Waals surface area (Å²) in [6, 6.07) is 6.24. The highest BCUT2D eigenvalue weighted by molar-refractivity contribution is 5.39. The van der Waals surface area contributed by atoms with E-state index in [1.54, 1.807) is 0 Å². The topological polar surface area (TPSA) is 58.0 Å². The van der Waals surface area contributed by atoms with Crippen LogP contribution < -0.4 is 4.74 Å². The van der Waals surface area contributed by atoms with Gasteiger partial charge in [0.2, 0.25) is 0 Å². The zero-order chi connectivity index (χ0) is 12.3. The van der Waals surface area contributed by atoms with Crippen molar-refractivity contribution in [2.45, 2.75) is 38.7 Å². The van der Waals surface area contributed by atoms with E-state index in [1.807, 2.05) is 12.1 Å². The van der Waals surface area contributed by atoms with Crippen LogP contribution in [0, 0.1) is 0 Å². The number of fused-ring (bicyclic) bond motifs is 1. The van der Waals surface area contributed by atoms with E-state index < -0.39 is 0 Å². The lowest BCUT2D eigenvalue weighted by Crippen LogP contribution is -2.32. The van der Waals surface area contributed by atoms with Gasteiger partial charge in [-0.3, -0.25) is 0 Å². The maximum absolute atomic E-state index is 8.23. The number of benzene rings is 1. The van der Waals surface area contributed by atoms with Crippen molar-refractivity contribution in [2.75, 3.05) is 6.54 Å². The molecule has 0 aliphatic carbocycles. The lowest BCUT2D eigenvalue weighted by molar-refractivity contribution is 0.0846. The van der Waals surface area contributed by atoms with E-state index in [4.69, 9.17) is 10.3 Å². The molecule has 1 aliphatic heterocycles. The fourth-order valence-corrected chi connectivity index (χ4v) is 2.09. The minimum Gasteiger partial charge on any atom is -0.488 e. The van der Waals surface area contributed by atoms with Crippen molar-refractivity contribution in [2.24, 2.45) is 5.11 Å². The molecule has 1 aromatic rings. The van der Waals surface area contributed by atoms with Crippen molar-refractivity contribution in [1.82, 2.24) is 0 Å². The second kappa shape index (κ2) is 4.68. The number of nitrogens with zero attached hydrogens (tertiary/aromatic N) is 3. The summed E-state index contributed by atoms with van der Waals surface area (Å²) >= 11 is 0. The first-order valence-electron chi connectivity index (χ1n) is 5.92. The van der Waals surface area contributed by atoms with Crippen molar-refractivity contribution in [1.29, 1.82) is 0 Å². The van der Waals surface area contributed by atoms with Gasteiger partial charge in [0.15, 0.2) is 0 Å². The van der Waals surface area contributed by atoms with Gasteiger partial charge in [-0.2, -0.15) is 0 Å². The van der Waals surface area contributed by atoms with Crippen molar-refractivity contribution >= 4 is 0 Å². The van der Waals surface area contributed by atoms with Crippen molar-refractivity contribution in [3.05, 3.63) is 39.8 Å². The van der Waals surface area contributed by atoms with Gasteiger partial charge >= 0.3 is 0 Å². The fourth-order valence-electron chi connectivity index (χ4n) is 2.09. The molecule has 0 saturated carbocycles. The van der Waals surface area contributed by atoms with E-state index in [9.17, 15) is 0 Å².